The predicted molar refractivity (Wildman–Crippen MR) is 138 cm³/mol. The SMILES string of the molecule is CCCCC(CCCOc1c(C)cc(CCCCC(=O)O)cc1C)Cc1ccc(C)c(C)c1. The number of rotatable bonds is 15. The van der Waals surface area contributed by atoms with Crippen LogP contribution in [0.4, 0.5) is 0 Å². The molecule has 2 aromatic rings. The lowest BCUT2D eigenvalue weighted by Crippen LogP contribution is -2.09. The van der Waals surface area contributed by atoms with Crippen molar-refractivity contribution in [2.45, 2.75) is 98.8 Å². The number of unbranched alkanes of at least 4 members (excludes halogenated alkanes) is 2. The molecule has 0 bridgehead atoms. The number of carboxylic acid groups (broad SMARTS) is 1. The molecule has 182 valence electrons. The van der Waals surface area contributed by atoms with Gasteiger partial charge in [-0.1, -0.05) is 56.5 Å². The molecule has 2 rings (SSSR count). The number of carboxylic acids is 1. The van der Waals surface area contributed by atoms with Gasteiger partial charge in [-0.25, -0.2) is 0 Å². The number of ether oxygens (including phenoxy) is 1. The number of benzene rings is 2. The van der Waals surface area contributed by atoms with Crippen molar-refractivity contribution in [3.05, 3.63) is 63.7 Å². The Kier molecular flexibility index (Phi) is 11.5. The number of carbonyl (C=O) groups is 1. The van der Waals surface area contributed by atoms with E-state index in [2.05, 4.69) is 65.0 Å². The van der Waals surface area contributed by atoms with Crippen molar-refractivity contribution >= 4 is 5.97 Å². The van der Waals surface area contributed by atoms with E-state index in [-0.39, 0.29) is 6.42 Å². The van der Waals surface area contributed by atoms with E-state index in [1.807, 2.05) is 0 Å². The molecule has 0 spiro atoms. The van der Waals surface area contributed by atoms with Crippen LogP contribution in [-0.4, -0.2) is 17.7 Å². The summed E-state index contributed by atoms with van der Waals surface area (Å²) >= 11 is 0. The Morgan fingerprint density at radius 3 is 2.15 bits per heavy atom. The molecule has 0 radical (unpaired) electrons. The summed E-state index contributed by atoms with van der Waals surface area (Å²) in [5.74, 6) is 1.02. The molecule has 0 aliphatic rings. The van der Waals surface area contributed by atoms with Crippen LogP contribution < -0.4 is 4.74 Å². The quantitative estimate of drug-likeness (QED) is 0.279. The third-order valence-corrected chi connectivity index (χ3v) is 6.69. The molecule has 33 heavy (non-hydrogen) atoms. The molecule has 0 aromatic heterocycles. The summed E-state index contributed by atoms with van der Waals surface area (Å²) in [6.07, 6.45) is 10.1. The predicted octanol–water partition coefficient (Wildman–Crippen LogP) is 7.93. The Morgan fingerprint density at radius 1 is 0.848 bits per heavy atom. The maximum absolute atomic E-state index is 10.7. The van der Waals surface area contributed by atoms with Crippen LogP contribution >= 0.6 is 0 Å². The van der Waals surface area contributed by atoms with E-state index < -0.39 is 5.97 Å². The van der Waals surface area contributed by atoms with Crippen LogP contribution in [0.2, 0.25) is 0 Å². The van der Waals surface area contributed by atoms with Crippen molar-refractivity contribution in [1.82, 2.24) is 0 Å². The molecule has 0 saturated carbocycles. The van der Waals surface area contributed by atoms with Gasteiger partial charge in [0.15, 0.2) is 0 Å². The maximum atomic E-state index is 10.7. The molecule has 0 aliphatic carbocycles. The molecule has 0 fully saturated rings. The lowest BCUT2D eigenvalue weighted by Gasteiger charge is -2.19. The van der Waals surface area contributed by atoms with Crippen molar-refractivity contribution in [3.63, 3.8) is 0 Å². The molecule has 0 saturated heterocycles. The van der Waals surface area contributed by atoms with Crippen LogP contribution in [0.15, 0.2) is 30.3 Å². The van der Waals surface area contributed by atoms with Crippen molar-refractivity contribution in [2.24, 2.45) is 5.92 Å². The van der Waals surface area contributed by atoms with E-state index in [1.54, 1.807) is 0 Å². The van der Waals surface area contributed by atoms with Gasteiger partial charge in [0.2, 0.25) is 0 Å². The summed E-state index contributed by atoms with van der Waals surface area (Å²) in [7, 11) is 0. The van der Waals surface area contributed by atoms with E-state index in [9.17, 15) is 4.79 Å². The van der Waals surface area contributed by atoms with Crippen LogP contribution in [0.3, 0.4) is 0 Å². The molecular weight excluding hydrogens is 408 g/mol. The highest BCUT2D eigenvalue weighted by Crippen LogP contribution is 2.27. The zero-order valence-electron chi connectivity index (χ0n) is 21.5. The van der Waals surface area contributed by atoms with Crippen LogP contribution in [0.25, 0.3) is 0 Å². The van der Waals surface area contributed by atoms with Crippen molar-refractivity contribution in [1.29, 1.82) is 0 Å². The second-order valence-corrected chi connectivity index (χ2v) is 9.78. The Bertz CT molecular complexity index is 861. The summed E-state index contributed by atoms with van der Waals surface area (Å²) in [5.41, 5.74) is 7.86. The first-order chi connectivity index (χ1) is 15.8. The lowest BCUT2D eigenvalue weighted by atomic mass is 9.89. The third-order valence-electron chi connectivity index (χ3n) is 6.69. The molecule has 0 amide bonds. The molecule has 0 aliphatic heterocycles. The van der Waals surface area contributed by atoms with Crippen molar-refractivity contribution < 1.29 is 14.6 Å². The second-order valence-electron chi connectivity index (χ2n) is 9.78. The maximum Gasteiger partial charge on any atom is 0.303 e. The molecule has 2 aromatic carbocycles. The number of hydrogen-bond acceptors (Lipinski definition) is 2. The Balaban J connectivity index is 1.86. The van der Waals surface area contributed by atoms with Crippen LogP contribution in [0.5, 0.6) is 5.75 Å². The molecule has 0 heterocycles. The molecule has 1 unspecified atom stereocenters. The molecule has 1 N–H and O–H groups in total. The number of aliphatic carboxylic acids is 1. The van der Waals surface area contributed by atoms with Gasteiger partial charge < -0.3 is 9.84 Å². The largest absolute Gasteiger partial charge is 0.493 e. The average Bonchev–Trinajstić information content (AvgIpc) is 2.76. The van der Waals surface area contributed by atoms with Crippen molar-refractivity contribution in [2.75, 3.05) is 6.61 Å². The van der Waals surface area contributed by atoms with Gasteiger partial charge in [-0.3, -0.25) is 4.79 Å². The topological polar surface area (TPSA) is 46.5 Å². The van der Waals surface area contributed by atoms with Gasteiger partial charge in [-0.05, 0) is 106 Å². The first-order valence-corrected chi connectivity index (χ1v) is 12.8. The molecular formula is C30H44O3. The zero-order chi connectivity index (χ0) is 24.2. The van der Waals surface area contributed by atoms with E-state index in [1.165, 1.54) is 59.1 Å². The number of hydrogen-bond donors (Lipinski definition) is 1. The minimum atomic E-state index is -0.711. The summed E-state index contributed by atoms with van der Waals surface area (Å²) in [5, 5.41) is 8.79. The summed E-state index contributed by atoms with van der Waals surface area (Å²) in [6, 6.07) is 11.3. The molecule has 3 nitrogen and oxygen atoms in total. The Morgan fingerprint density at radius 2 is 1.52 bits per heavy atom. The smallest absolute Gasteiger partial charge is 0.303 e. The summed E-state index contributed by atoms with van der Waals surface area (Å²) in [4.78, 5) is 10.7. The van der Waals surface area contributed by atoms with Crippen molar-refractivity contribution in [3.8, 4) is 5.75 Å². The number of aryl methyl sites for hydroxylation is 5. The zero-order valence-corrected chi connectivity index (χ0v) is 21.5. The summed E-state index contributed by atoms with van der Waals surface area (Å²) < 4.78 is 6.24. The van der Waals surface area contributed by atoms with Gasteiger partial charge in [0.05, 0.1) is 6.61 Å². The highest BCUT2D eigenvalue weighted by atomic mass is 16.5. The minimum Gasteiger partial charge on any atom is -0.493 e. The third kappa shape index (κ3) is 9.61. The first kappa shape index (κ1) is 27.0. The van der Waals surface area contributed by atoms with Crippen LogP contribution in [-0.2, 0) is 17.6 Å². The summed E-state index contributed by atoms with van der Waals surface area (Å²) in [6.45, 7) is 11.7. The van der Waals surface area contributed by atoms with Gasteiger partial charge in [-0.2, -0.15) is 0 Å². The minimum absolute atomic E-state index is 0.252. The van der Waals surface area contributed by atoms with E-state index in [0.717, 1.165) is 44.5 Å². The fourth-order valence-corrected chi connectivity index (χ4v) is 4.67. The van der Waals surface area contributed by atoms with Gasteiger partial charge in [-0.15, -0.1) is 0 Å². The van der Waals surface area contributed by atoms with Gasteiger partial charge in [0, 0.05) is 6.42 Å². The average molecular weight is 453 g/mol. The molecule has 3 heteroatoms. The van der Waals surface area contributed by atoms with E-state index in [0.29, 0.717) is 5.92 Å². The Labute approximate surface area is 201 Å². The van der Waals surface area contributed by atoms with E-state index >= 15 is 0 Å². The van der Waals surface area contributed by atoms with Gasteiger partial charge in [0.25, 0.3) is 0 Å². The second kappa shape index (κ2) is 14.1. The standard InChI is InChI=1S/C30H44O3/c1-6-7-11-26(21-28-16-15-22(2)23(3)18-28)13-10-17-33-30-24(4)19-27(20-25(30)5)12-8-9-14-29(31)32/h15-16,18-20,26H,6-14,17,21H2,1-5H3,(H,31,32). The highest BCUT2D eigenvalue weighted by molar-refractivity contribution is 5.66. The van der Waals surface area contributed by atoms with Gasteiger partial charge >= 0.3 is 5.97 Å². The van der Waals surface area contributed by atoms with Gasteiger partial charge in [0.1, 0.15) is 5.75 Å². The monoisotopic (exact) mass is 452 g/mol. The van der Waals surface area contributed by atoms with Crippen LogP contribution in [0, 0.1) is 33.6 Å². The van der Waals surface area contributed by atoms with Crippen LogP contribution in [0.1, 0.15) is 91.7 Å². The molecule has 1 atom stereocenters. The Hall–Kier alpha value is -2.29. The lowest BCUT2D eigenvalue weighted by molar-refractivity contribution is -0.137. The fourth-order valence-electron chi connectivity index (χ4n) is 4.67. The normalized spacial score (nSPS) is 12.0. The fraction of sp³-hybridized carbons (Fsp3) is 0.567. The first-order valence-electron chi connectivity index (χ1n) is 12.8. The highest BCUT2D eigenvalue weighted by Gasteiger charge is 2.12. The van der Waals surface area contributed by atoms with E-state index in [4.69, 9.17) is 9.84 Å².